The van der Waals surface area contributed by atoms with Crippen LogP contribution in [0.4, 0.5) is 10.6 Å². The lowest BCUT2D eigenvalue weighted by Gasteiger charge is -2.19. The summed E-state index contributed by atoms with van der Waals surface area (Å²) in [6.07, 6.45) is 0.534. The van der Waals surface area contributed by atoms with Crippen molar-refractivity contribution in [2.45, 2.75) is 26.4 Å². The van der Waals surface area contributed by atoms with Gasteiger partial charge >= 0.3 is 12.1 Å². The minimum Gasteiger partial charge on any atom is -0.495 e. The van der Waals surface area contributed by atoms with E-state index < -0.39 is 17.7 Å². The fraction of sp³-hybridized carbons (Fsp3) is 0.417. The molecule has 2 N–H and O–H groups in total. The zero-order valence-electron chi connectivity index (χ0n) is 11.2. The smallest absolute Gasteiger partial charge is 0.413 e. The van der Waals surface area contributed by atoms with E-state index in [-0.39, 0.29) is 17.1 Å². The van der Waals surface area contributed by atoms with Crippen LogP contribution in [0.1, 0.15) is 31.1 Å². The number of hydrogen-bond acceptors (Lipinski definition) is 5. The Morgan fingerprint density at radius 2 is 2.00 bits per heavy atom. The standard InChI is InChI=1S/C12H16N2O5/c1-12(2,3)19-11(17)14-9-8(10(15)16)5-7(18-4)6-13-9/h5-6H,1-4H3,(H,15,16)(H,13,14,17). The first-order chi connectivity index (χ1) is 8.73. The average molecular weight is 268 g/mol. The Balaban J connectivity index is 2.95. The second-order valence-electron chi connectivity index (χ2n) is 4.70. The number of carbonyl (C=O) groups excluding carboxylic acids is 1. The number of carboxylic acids is 1. The molecule has 7 nitrogen and oxygen atoms in total. The molecule has 0 aromatic carbocycles. The fourth-order valence-corrected chi connectivity index (χ4v) is 1.22. The quantitative estimate of drug-likeness (QED) is 0.871. The molecule has 19 heavy (non-hydrogen) atoms. The number of carbonyl (C=O) groups is 2. The monoisotopic (exact) mass is 268 g/mol. The topological polar surface area (TPSA) is 97.8 Å². The number of amides is 1. The number of pyridine rings is 1. The van der Waals surface area contributed by atoms with Gasteiger partial charge in [-0.05, 0) is 26.8 Å². The molecule has 1 aromatic rings. The third-order valence-corrected chi connectivity index (χ3v) is 1.95. The molecule has 0 radical (unpaired) electrons. The van der Waals surface area contributed by atoms with E-state index in [1.165, 1.54) is 19.4 Å². The minimum absolute atomic E-state index is 0.0949. The highest BCUT2D eigenvalue weighted by molar-refractivity contribution is 5.97. The summed E-state index contributed by atoms with van der Waals surface area (Å²) in [6, 6.07) is 1.27. The van der Waals surface area contributed by atoms with Crippen LogP contribution in [0.25, 0.3) is 0 Å². The molecule has 1 rings (SSSR count). The number of anilines is 1. The van der Waals surface area contributed by atoms with Gasteiger partial charge in [-0.1, -0.05) is 0 Å². The van der Waals surface area contributed by atoms with Gasteiger partial charge in [0.15, 0.2) is 0 Å². The largest absolute Gasteiger partial charge is 0.495 e. The van der Waals surface area contributed by atoms with E-state index in [0.717, 1.165) is 0 Å². The number of aromatic nitrogens is 1. The number of nitrogens with zero attached hydrogens (tertiary/aromatic N) is 1. The van der Waals surface area contributed by atoms with Gasteiger partial charge in [-0.15, -0.1) is 0 Å². The van der Waals surface area contributed by atoms with Crippen LogP contribution in [0.3, 0.4) is 0 Å². The second kappa shape index (κ2) is 5.55. The maximum atomic E-state index is 11.6. The SMILES string of the molecule is COc1cnc(NC(=O)OC(C)(C)C)c(C(=O)O)c1. The van der Waals surface area contributed by atoms with E-state index in [0.29, 0.717) is 0 Å². The van der Waals surface area contributed by atoms with Crippen molar-refractivity contribution < 1.29 is 24.2 Å². The Bertz CT molecular complexity index is 493. The lowest BCUT2D eigenvalue weighted by atomic mass is 10.2. The van der Waals surface area contributed by atoms with Crippen molar-refractivity contribution in [1.82, 2.24) is 4.98 Å². The number of aromatic carboxylic acids is 1. The highest BCUT2D eigenvalue weighted by atomic mass is 16.6. The third kappa shape index (κ3) is 4.46. The fourth-order valence-electron chi connectivity index (χ4n) is 1.22. The first-order valence-corrected chi connectivity index (χ1v) is 5.50. The molecule has 0 bridgehead atoms. The van der Waals surface area contributed by atoms with Crippen LogP contribution in [0.15, 0.2) is 12.3 Å². The van der Waals surface area contributed by atoms with Gasteiger partial charge in [0.2, 0.25) is 0 Å². The Kier molecular flexibility index (Phi) is 4.31. The molecular weight excluding hydrogens is 252 g/mol. The van der Waals surface area contributed by atoms with E-state index >= 15 is 0 Å². The Morgan fingerprint density at radius 3 is 2.47 bits per heavy atom. The Morgan fingerprint density at radius 1 is 1.37 bits per heavy atom. The molecular formula is C12H16N2O5. The number of hydrogen-bond donors (Lipinski definition) is 2. The van der Waals surface area contributed by atoms with Crippen molar-refractivity contribution in [3.63, 3.8) is 0 Å². The van der Waals surface area contributed by atoms with E-state index in [2.05, 4.69) is 10.3 Å². The summed E-state index contributed by atoms with van der Waals surface area (Å²) in [5.41, 5.74) is -0.856. The maximum absolute atomic E-state index is 11.6. The molecule has 0 atom stereocenters. The van der Waals surface area contributed by atoms with Gasteiger partial charge in [0.05, 0.1) is 13.3 Å². The number of carboxylic acid groups (broad SMARTS) is 1. The zero-order chi connectivity index (χ0) is 14.6. The summed E-state index contributed by atoms with van der Waals surface area (Å²) < 4.78 is 9.89. The summed E-state index contributed by atoms with van der Waals surface area (Å²) in [5.74, 6) is -1.04. The molecule has 0 saturated carbocycles. The van der Waals surface area contributed by atoms with Gasteiger partial charge in [-0.2, -0.15) is 0 Å². The lowest BCUT2D eigenvalue weighted by Crippen LogP contribution is -2.28. The minimum atomic E-state index is -1.22. The van der Waals surface area contributed by atoms with Crippen molar-refractivity contribution in [2.75, 3.05) is 12.4 Å². The third-order valence-electron chi connectivity index (χ3n) is 1.95. The summed E-state index contributed by atoms with van der Waals surface area (Å²) in [5, 5.41) is 11.3. The molecule has 0 aliphatic carbocycles. The van der Waals surface area contributed by atoms with E-state index in [1.54, 1.807) is 20.8 Å². The summed E-state index contributed by atoms with van der Waals surface area (Å²) in [7, 11) is 1.39. The normalized spacial score (nSPS) is 10.7. The van der Waals surface area contributed by atoms with Crippen LogP contribution < -0.4 is 10.1 Å². The molecule has 0 fully saturated rings. The van der Waals surface area contributed by atoms with Gasteiger partial charge in [0.1, 0.15) is 22.7 Å². The van der Waals surface area contributed by atoms with Crippen LogP contribution in [0.5, 0.6) is 5.75 Å². The van der Waals surface area contributed by atoms with E-state index in [4.69, 9.17) is 14.6 Å². The van der Waals surface area contributed by atoms with Gasteiger partial charge in [-0.3, -0.25) is 5.32 Å². The molecule has 7 heteroatoms. The highest BCUT2D eigenvalue weighted by Gasteiger charge is 2.20. The lowest BCUT2D eigenvalue weighted by molar-refractivity contribution is 0.0635. The van der Waals surface area contributed by atoms with Crippen LogP contribution in [0, 0.1) is 0 Å². The molecule has 0 saturated heterocycles. The van der Waals surface area contributed by atoms with Crippen LogP contribution in [0.2, 0.25) is 0 Å². The predicted molar refractivity (Wildman–Crippen MR) is 67.6 cm³/mol. The van der Waals surface area contributed by atoms with Gasteiger partial charge in [0.25, 0.3) is 0 Å². The molecule has 1 amide bonds. The highest BCUT2D eigenvalue weighted by Crippen LogP contribution is 2.19. The number of nitrogens with one attached hydrogen (secondary N) is 1. The molecule has 1 aromatic heterocycles. The van der Waals surface area contributed by atoms with Crippen LogP contribution in [-0.4, -0.2) is 34.9 Å². The van der Waals surface area contributed by atoms with Gasteiger partial charge in [0, 0.05) is 0 Å². The first-order valence-electron chi connectivity index (χ1n) is 5.50. The number of ether oxygens (including phenoxy) is 2. The van der Waals surface area contributed by atoms with E-state index in [9.17, 15) is 9.59 Å². The Labute approximate surface area is 110 Å². The molecule has 0 aliphatic heterocycles. The molecule has 1 heterocycles. The molecule has 0 spiro atoms. The van der Waals surface area contributed by atoms with Crippen molar-refractivity contribution in [3.8, 4) is 5.75 Å². The van der Waals surface area contributed by atoms with Crippen LogP contribution >= 0.6 is 0 Å². The zero-order valence-corrected chi connectivity index (χ0v) is 11.2. The summed E-state index contributed by atoms with van der Waals surface area (Å²) >= 11 is 0. The Hall–Kier alpha value is -2.31. The number of rotatable bonds is 3. The number of methoxy groups -OCH3 is 1. The van der Waals surface area contributed by atoms with Crippen molar-refractivity contribution in [2.24, 2.45) is 0 Å². The molecule has 0 aliphatic rings. The van der Waals surface area contributed by atoms with Gasteiger partial charge in [-0.25, -0.2) is 14.6 Å². The van der Waals surface area contributed by atoms with Crippen LogP contribution in [-0.2, 0) is 4.74 Å². The predicted octanol–water partition coefficient (Wildman–Crippen LogP) is 2.14. The average Bonchev–Trinajstić information content (AvgIpc) is 2.26. The van der Waals surface area contributed by atoms with Crippen molar-refractivity contribution in [1.29, 1.82) is 0 Å². The van der Waals surface area contributed by atoms with Crippen molar-refractivity contribution >= 4 is 17.9 Å². The van der Waals surface area contributed by atoms with Crippen molar-refractivity contribution in [3.05, 3.63) is 17.8 Å². The molecule has 0 unspecified atom stereocenters. The van der Waals surface area contributed by atoms with Gasteiger partial charge < -0.3 is 14.6 Å². The van der Waals surface area contributed by atoms with E-state index in [1.807, 2.05) is 0 Å². The maximum Gasteiger partial charge on any atom is 0.413 e. The summed E-state index contributed by atoms with van der Waals surface area (Å²) in [4.78, 5) is 26.5. The molecule has 104 valence electrons. The second-order valence-corrected chi connectivity index (χ2v) is 4.70. The summed E-state index contributed by atoms with van der Waals surface area (Å²) in [6.45, 7) is 5.10. The first kappa shape index (κ1) is 14.7.